The first-order valence-electron chi connectivity index (χ1n) is 14.9. The second kappa shape index (κ2) is 11.5. The molecule has 8 rings (SSSR count). The molecule has 0 spiro atoms. The Bertz CT molecular complexity index is 2330. The Hall–Kier alpha value is -5.64. The molecule has 4 heteroatoms. The fourth-order valence-electron chi connectivity index (χ4n) is 5.86. The maximum Gasteiger partial charge on any atom is 0.226 e. The fourth-order valence-corrected chi connectivity index (χ4v) is 6.02. The Morgan fingerprint density at radius 3 is 1.40 bits per heavy atom. The predicted octanol–water partition coefficient (Wildman–Crippen LogP) is 11.2. The van der Waals surface area contributed by atoms with Crippen LogP contribution in [0.15, 0.2) is 158 Å². The molecule has 7 aromatic carbocycles. The van der Waals surface area contributed by atoms with Gasteiger partial charge in [0.2, 0.25) is 5.28 Å². The van der Waals surface area contributed by atoms with Crippen LogP contribution in [0.2, 0.25) is 5.28 Å². The summed E-state index contributed by atoms with van der Waals surface area (Å²) >= 11 is 6.45. The normalized spacial score (nSPS) is 11.2. The summed E-state index contributed by atoms with van der Waals surface area (Å²) in [6.45, 7) is 0. The average molecular weight is 596 g/mol. The standard InChI is InChI=1S/C41H26ClN3/c42-41-44-39(30-16-13-29(14-17-30)34-18-15-28-9-4-5-10-31(28)23-34)43-40(45-41)38-12-6-11-32(26-38)35-21-22-36-24-33(19-20-37(36)25-35)27-7-2-1-3-8-27/h1-26H. The average Bonchev–Trinajstić information content (AvgIpc) is 3.11. The zero-order valence-electron chi connectivity index (χ0n) is 24.2. The maximum atomic E-state index is 6.45. The Kier molecular flexibility index (Phi) is 6.86. The molecular weight excluding hydrogens is 570 g/mol. The lowest BCUT2D eigenvalue weighted by Gasteiger charge is -2.09. The van der Waals surface area contributed by atoms with Crippen LogP contribution in [0.3, 0.4) is 0 Å². The summed E-state index contributed by atoms with van der Waals surface area (Å²) in [5, 5.41) is 5.01. The van der Waals surface area contributed by atoms with Crippen molar-refractivity contribution in [1.29, 1.82) is 0 Å². The van der Waals surface area contributed by atoms with Gasteiger partial charge >= 0.3 is 0 Å². The molecule has 3 nitrogen and oxygen atoms in total. The molecule has 0 amide bonds. The van der Waals surface area contributed by atoms with E-state index in [0.717, 1.165) is 33.4 Å². The number of benzene rings is 7. The van der Waals surface area contributed by atoms with Gasteiger partial charge in [-0.15, -0.1) is 0 Å². The lowest BCUT2D eigenvalue weighted by Crippen LogP contribution is -1.97. The minimum absolute atomic E-state index is 0.166. The second-order valence-corrected chi connectivity index (χ2v) is 11.5. The first kappa shape index (κ1) is 26.9. The van der Waals surface area contributed by atoms with Gasteiger partial charge in [-0.2, -0.15) is 9.97 Å². The van der Waals surface area contributed by atoms with E-state index in [1.54, 1.807) is 0 Å². The van der Waals surface area contributed by atoms with Crippen molar-refractivity contribution in [2.45, 2.75) is 0 Å². The monoisotopic (exact) mass is 595 g/mol. The van der Waals surface area contributed by atoms with Crippen LogP contribution in [0.4, 0.5) is 0 Å². The van der Waals surface area contributed by atoms with E-state index in [4.69, 9.17) is 16.6 Å². The molecule has 8 aromatic rings. The summed E-state index contributed by atoms with van der Waals surface area (Å²) in [5.41, 5.74) is 8.69. The first-order chi connectivity index (χ1) is 22.2. The van der Waals surface area contributed by atoms with Crippen molar-refractivity contribution >= 4 is 33.1 Å². The highest BCUT2D eigenvalue weighted by Gasteiger charge is 2.12. The van der Waals surface area contributed by atoms with Crippen molar-refractivity contribution in [3.05, 3.63) is 163 Å². The summed E-state index contributed by atoms with van der Waals surface area (Å²) in [5.74, 6) is 1.08. The van der Waals surface area contributed by atoms with Crippen LogP contribution in [0.25, 0.3) is 77.7 Å². The Balaban J connectivity index is 1.09. The highest BCUT2D eigenvalue weighted by Crippen LogP contribution is 2.32. The van der Waals surface area contributed by atoms with Gasteiger partial charge in [0.1, 0.15) is 0 Å². The summed E-state index contributed by atoms with van der Waals surface area (Å²) in [7, 11) is 0. The molecule has 0 unspecified atom stereocenters. The topological polar surface area (TPSA) is 38.7 Å². The molecule has 0 aliphatic carbocycles. The van der Waals surface area contributed by atoms with E-state index in [1.807, 2.05) is 30.3 Å². The van der Waals surface area contributed by atoms with Crippen LogP contribution in [0.5, 0.6) is 0 Å². The second-order valence-electron chi connectivity index (χ2n) is 11.1. The zero-order chi connectivity index (χ0) is 30.2. The minimum atomic E-state index is 0.166. The number of rotatable bonds is 5. The third-order valence-corrected chi connectivity index (χ3v) is 8.40. The lowest BCUT2D eigenvalue weighted by molar-refractivity contribution is 1.07. The van der Waals surface area contributed by atoms with E-state index in [-0.39, 0.29) is 5.28 Å². The summed E-state index contributed by atoms with van der Waals surface area (Å²) in [6.07, 6.45) is 0. The molecule has 0 aliphatic rings. The van der Waals surface area contributed by atoms with Gasteiger partial charge in [-0.1, -0.05) is 133 Å². The van der Waals surface area contributed by atoms with Gasteiger partial charge < -0.3 is 0 Å². The molecule has 1 aromatic heterocycles. The predicted molar refractivity (Wildman–Crippen MR) is 187 cm³/mol. The van der Waals surface area contributed by atoms with Gasteiger partial charge in [0, 0.05) is 11.1 Å². The number of hydrogen-bond donors (Lipinski definition) is 0. The third kappa shape index (κ3) is 5.46. The number of fused-ring (bicyclic) bond motifs is 2. The van der Waals surface area contributed by atoms with Gasteiger partial charge in [0.25, 0.3) is 0 Å². The van der Waals surface area contributed by atoms with Crippen molar-refractivity contribution in [2.24, 2.45) is 0 Å². The smallest absolute Gasteiger partial charge is 0.208 e. The van der Waals surface area contributed by atoms with Crippen molar-refractivity contribution in [2.75, 3.05) is 0 Å². The summed E-state index contributed by atoms with van der Waals surface area (Å²) in [6, 6.07) is 55.1. The number of hydrogen-bond acceptors (Lipinski definition) is 3. The van der Waals surface area contributed by atoms with Crippen molar-refractivity contribution < 1.29 is 0 Å². The van der Waals surface area contributed by atoms with Crippen LogP contribution in [0, 0.1) is 0 Å². The van der Waals surface area contributed by atoms with Crippen molar-refractivity contribution in [3.63, 3.8) is 0 Å². The molecular formula is C41H26ClN3. The van der Waals surface area contributed by atoms with Gasteiger partial charge in [-0.3, -0.25) is 0 Å². The van der Waals surface area contributed by atoms with E-state index in [0.29, 0.717) is 11.6 Å². The molecule has 212 valence electrons. The fraction of sp³-hybridized carbons (Fsp3) is 0. The summed E-state index contributed by atoms with van der Waals surface area (Å²) < 4.78 is 0. The molecule has 0 fully saturated rings. The summed E-state index contributed by atoms with van der Waals surface area (Å²) in [4.78, 5) is 13.8. The molecule has 0 aliphatic heterocycles. The van der Waals surface area contributed by atoms with Crippen LogP contribution >= 0.6 is 11.6 Å². The zero-order valence-corrected chi connectivity index (χ0v) is 25.0. The molecule has 0 bridgehead atoms. The number of nitrogens with zero attached hydrogens (tertiary/aromatic N) is 3. The molecule has 0 saturated carbocycles. The molecule has 1 heterocycles. The number of halogens is 1. The van der Waals surface area contributed by atoms with Gasteiger partial charge in [0.05, 0.1) is 0 Å². The van der Waals surface area contributed by atoms with E-state index in [9.17, 15) is 0 Å². The van der Waals surface area contributed by atoms with Crippen LogP contribution in [-0.4, -0.2) is 15.0 Å². The number of aromatic nitrogens is 3. The maximum absolute atomic E-state index is 6.45. The molecule has 0 radical (unpaired) electrons. The van der Waals surface area contributed by atoms with E-state index >= 15 is 0 Å². The highest BCUT2D eigenvalue weighted by atomic mass is 35.5. The van der Waals surface area contributed by atoms with Crippen LogP contribution in [0.1, 0.15) is 0 Å². The van der Waals surface area contributed by atoms with Gasteiger partial charge in [-0.05, 0) is 90.8 Å². The van der Waals surface area contributed by atoms with Gasteiger partial charge in [-0.25, -0.2) is 4.98 Å². The molecule has 45 heavy (non-hydrogen) atoms. The quantitative estimate of drug-likeness (QED) is 0.199. The molecule has 0 N–H and O–H groups in total. The Labute approximate surface area is 266 Å². The van der Waals surface area contributed by atoms with E-state index in [1.165, 1.54) is 32.7 Å². The van der Waals surface area contributed by atoms with Crippen molar-refractivity contribution in [1.82, 2.24) is 15.0 Å². The third-order valence-electron chi connectivity index (χ3n) is 8.24. The van der Waals surface area contributed by atoms with E-state index < -0.39 is 0 Å². The Morgan fingerprint density at radius 2 is 0.711 bits per heavy atom. The van der Waals surface area contributed by atoms with Gasteiger partial charge in [0.15, 0.2) is 11.6 Å². The first-order valence-corrected chi connectivity index (χ1v) is 15.3. The molecule has 0 atom stereocenters. The van der Waals surface area contributed by atoms with Crippen molar-refractivity contribution in [3.8, 4) is 56.2 Å². The largest absolute Gasteiger partial charge is 0.226 e. The highest BCUT2D eigenvalue weighted by molar-refractivity contribution is 6.28. The van der Waals surface area contributed by atoms with E-state index in [2.05, 4.69) is 137 Å². The Morgan fingerprint density at radius 1 is 0.289 bits per heavy atom. The minimum Gasteiger partial charge on any atom is -0.208 e. The van der Waals surface area contributed by atoms with Crippen LogP contribution < -0.4 is 0 Å². The molecule has 0 saturated heterocycles. The lowest BCUT2D eigenvalue weighted by atomic mass is 9.97. The van der Waals surface area contributed by atoms with Crippen LogP contribution in [-0.2, 0) is 0 Å². The SMILES string of the molecule is Clc1nc(-c2ccc(-c3ccc4ccccc4c3)cc2)nc(-c2cccc(-c3ccc4cc(-c5ccccc5)ccc4c3)c2)n1.